The van der Waals surface area contributed by atoms with Gasteiger partial charge in [-0.1, -0.05) is 6.07 Å². The maximum atomic E-state index is 11.0. The maximum absolute atomic E-state index is 11.0. The van der Waals surface area contributed by atoms with Crippen molar-refractivity contribution in [2.75, 3.05) is 19.8 Å². The van der Waals surface area contributed by atoms with E-state index in [-0.39, 0.29) is 0 Å². The molecule has 0 amide bonds. The first-order chi connectivity index (χ1) is 9.20. The summed E-state index contributed by atoms with van der Waals surface area (Å²) < 4.78 is 11.0. The summed E-state index contributed by atoms with van der Waals surface area (Å²) in [6.07, 6.45) is 1.55. The molecule has 0 saturated heterocycles. The third kappa shape index (κ3) is 2.51. The summed E-state index contributed by atoms with van der Waals surface area (Å²) in [5, 5.41) is 12.3. The second kappa shape index (κ2) is 4.74. The number of carboxylic acid groups (broad SMARTS) is 1. The Kier molecular flexibility index (Phi) is 3.06. The molecule has 19 heavy (non-hydrogen) atoms. The molecular weight excluding hydrogens is 246 g/mol. The minimum Gasteiger partial charge on any atom is -0.486 e. The van der Waals surface area contributed by atoms with E-state index in [1.54, 1.807) is 0 Å². The number of ether oxygens (including phenoxy) is 2. The molecule has 0 spiro atoms. The molecular formula is C14H17NO4. The standard InChI is InChI=1S/C14H17NO4/c16-13(17)14(3-4-14)9-15-8-10-1-2-11-12(7-10)19-6-5-18-11/h1-2,7,15H,3-6,8-9H2,(H,16,17). The fourth-order valence-electron chi connectivity index (χ4n) is 2.26. The van der Waals surface area contributed by atoms with Gasteiger partial charge in [0.1, 0.15) is 13.2 Å². The number of carbonyl (C=O) groups is 1. The topological polar surface area (TPSA) is 67.8 Å². The Morgan fingerprint density at radius 3 is 2.68 bits per heavy atom. The number of fused-ring (bicyclic) bond motifs is 1. The largest absolute Gasteiger partial charge is 0.486 e. The smallest absolute Gasteiger partial charge is 0.310 e. The molecule has 5 heteroatoms. The number of carboxylic acids is 1. The van der Waals surface area contributed by atoms with E-state index in [0.717, 1.165) is 29.9 Å². The van der Waals surface area contributed by atoms with Gasteiger partial charge < -0.3 is 19.9 Å². The van der Waals surface area contributed by atoms with E-state index in [9.17, 15) is 4.79 Å². The third-order valence-electron chi connectivity index (χ3n) is 3.71. The number of hydrogen-bond donors (Lipinski definition) is 2. The van der Waals surface area contributed by atoms with Crippen LogP contribution >= 0.6 is 0 Å². The zero-order chi connectivity index (χ0) is 13.3. The zero-order valence-corrected chi connectivity index (χ0v) is 10.6. The summed E-state index contributed by atoms with van der Waals surface area (Å²) in [5.74, 6) is 0.853. The average Bonchev–Trinajstić information content (AvgIpc) is 3.20. The van der Waals surface area contributed by atoms with E-state index in [0.29, 0.717) is 26.3 Å². The van der Waals surface area contributed by atoms with Gasteiger partial charge in [-0.15, -0.1) is 0 Å². The van der Waals surface area contributed by atoms with Crippen molar-refractivity contribution >= 4 is 5.97 Å². The number of rotatable bonds is 5. The molecule has 1 fully saturated rings. The number of aliphatic carboxylic acids is 1. The van der Waals surface area contributed by atoms with Gasteiger partial charge in [0.2, 0.25) is 0 Å². The normalized spacial score (nSPS) is 18.9. The number of nitrogens with one attached hydrogen (secondary N) is 1. The van der Waals surface area contributed by atoms with E-state index in [2.05, 4.69) is 5.32 Å². The molecule has 0 radical (unpaired) electrons. The highest BCUT2D eigenvalue weighted by atomic mass is 16.6. The van der Waals surface area contributed by atoms with Gasteiger partial charge >= 0.3 is 5.97 Å². The molecule has 1 aliphatic heterocycles. The van der Waals surface area contributed by atoms with E-state index in [4.69, 9.17) is 14.6 Å². The number of hydrogen-bond acceptors (Lipinski definition) is 4. The second-order valence-electron chi connectivity index (χ2n) is 5.17. The summed E-state index contributed by atoms with van der Waals surface area (Å²) in [4.78, 5) is 11.0. The van der Waals surface area contributed by atoms with Crippen molar-refractivity contribution in [1.29, 1.82) is 0 Å². The van der Waals surface area contributed by atoms with E-state index in [1.807, 2.05) is 18.2 Å². The summed E-state index contributed by atoms with van der Waals surface area (Å²) in [6.45, 7) is 2.33. The second-order valence-corrected chi connectivity index (χ2v) is 5.17. The highest BCUT2D eigenvalue weighted by Gasteiger charge is 2.49. The highest BCUT2D eigenvalue weighted by Crippen LogP contribution is 2.45. The van der Waals surface area contributed by atoms with Crippen LogP contribution in [0, 0.1) is 5.41 Å². The molecule has 1 aliphatic carbocycles. The van der Waals surface area contributed by atoms with Crippen molar-refractivity contribution in [2.24, 2.45) is 5.41 Å². The van der Waals surface area contributed by atoms with Crippen LogP contribution in [0.25, 0.3) is 0 Å². The Labute approximate surface area is 111 Å². The van der Waals surface area contributed by atoms with Crippen molar-refractivity contribution in [3.05, 3.63) is 23.8 Å². The summed E-state index contributed by atoms with van der Waals surface area (Å²) in [7, 11) is 0. The first-order valence-corrected chi connectivity index (χ1v) is 6.52. The van der Waals surface area contributed by atoms with Gasteiger partial charge in [0.25, 0.3) is 0 Å². The van der Waals surface area contributed by atoms with Crippen molar-refractivity contribution in [3.8, 4) is 11.5 Å². The number of benzene rings is 1. The molecule has 3 rings (SSSR count). The summed E-state index contributed by atoms with van der Waals surface area (Å²) in [5.41, 5.74) is 0.554. The molecule has 1 saturated carbocycles. The molecule has 2 N–H and O–H groups in total. The van der Waals surface area contributed by atoms with Gasteiger partial charge in [0.15, 0.2) is 11.5 Å². The first kappa shape index (κ1) is 12.3. The SMILES string of the molecule is O=C(O)C1(CNCc2ccc3c(c2)OCCO3)CC1. The summed E-state index contributed by atoms with van der Waals surface area (Å²) in [6, 6.07) is 5.82. The van der Waals surface area contributed by atoms with Crippen LogP contribution in [0.5, 0.6) is 11.5 Å². The molecule has 0 aromatic heterocycles. The zero-order valence-electron chi connectivity index (χ0n) is 10.6. The molecule has 102 valence electrons. The maximum Gasteiger partial charge on any atom is 0.310 e. The Hall–Kier alpha value is -1.75. The Balaban J connectivity index is 1.57. The quantitative estimate of drug-likeness (QED) is 0.840. The van der Waals surface area contributed by atoms with Gasteiger partial charge in [-0.3, -0.25) is 4.79 Å². The fourth-order valence-corrected chi connectivity index (χ4v) is 2.26. The lowest BCUT2D eigenvalue weighted by Crippen LogP contribution is -2.29. The summed E-state index contributed by atoms with van der Waals surface area (Å²) >= 11 is 0. The van der Waals surface area contributed by atoms with E-state index >= 15 is 0 Å². The first-order valence-electron chi connectivity index (χ1n) is 6.52. The third-order valence-corrected chi connectivity index (χ3v) is 3.71. The molecule has 2 aliphatic rings. The van der Waals surface area contributed by atoms with Gasteiger partial charge in [0.05, 0.1) is 5.41 Å². The van der Waals surface area contributed by atoms with Crippen LogP contribution in [0.3, 0.4) is 0 Å². The predicted octanol–water partition coefficient (Wildman–Crippen LogP) is 1.41. The lowest BCUT2D eigenvalue weighted by Gasteiger charge is -2.19. The van der Waals surface area contributed by atoms with Gasteiger partial charge in [0, 0.05) is 13.1 Å². The van der Waals surface area contributed by atoms with E-state index < -0.39 is 11.4 Å². The van der Waals surface area contributed by atoms with Crippen LogP contribution in [0.1, 0.15) is 18.4 Å². The minimum atomic E-state index is -0.692. The van der Waals surface area contributed by atoms with Crippen molar-refractivity contribution in [2.45, 2.75) is 19.4 Å². The molecule has 0 bridgehead atoms. The lowest BCUT2D eigenvalue weighted by atomic mass is 10.1. The minimum absolute atomic E-state index is 0.520. The highest BCUT2D eigenvalue weighted by molar-refractivity contribution is 5.78. The van der Waals surface area contributed by atoms with Gasteiger partial charge in [-0.2, -0.15) is 0 Å². The van der Waals surface area contributed by atoms with Crippen LogP contribution < -0.4 is 14.8 Å². The van der Waals surface area contributed by atoms with Crippen LogP contribution in [0.2, 0.25) is 0 Å². The van der Waals surface area contributed by atoms with Crippen molar-refractivity contribution in [1.82, 2.24) is 5.32 Å². The molecule has 1 heterocycles. The Bertz CT molecular complexity index is 496. The lowest BCUT2D eigenvalue weighted by molar-refractivity contribution is -0.143. The monoisotopic (exact) mass is 263 g/mol. The molecule has 1 aromatic rings. The molecule has 0 atom stereocenters. The van der Waals surface area contributed by atoms with E-state index in [1.165, 1.54) is 0 Å². The van der Waals surface area contributed by atoms with Crippen molar-refractivity contribution < 1.29 is 19.4 Å². The fraction of sp³-hybridized carbons (Fsp3) is 0.500. The van der Waals surface area contributed by atoms with Gasteiger partial charge in [-0.25, -0.2) is 0 Å². The van der Waals surface area contributed by atoms with Crippen LogP contribution in [0.4, 0.5) is 0 Å². The van der Waals surface area contributed by atoms with Gasteiger partial charge in [-0.05, 0) is 30.5 Å². The average molecular weight is 263 g/mol. The van der Waals surface area contributed by atoms with Crippen LogP contribution in [0.15, 0.2) is 18.2 Å². The van der Waals surface area contributed by atoms with Crippen LogP contribution in [-0.4, -0.2) is 30.8 Å². The molecule has 1 aromatic carbocycles. The Morgan fingerprint density at radius 1 is 1.26 bits per heavy atom. The Morgan fingerprint density at radius 2 is 2.00 bits per heavy atom. The molecule has 0 unspecified atom stereocenters. The molecule has 5 nitrogen and oxygen atoms in total. The van der Waals surface area contributed by atoms with Crippen molar-refractivity contribution in [3.63, 3.8) is 0 Å². The predicted molar refractivity (Wildman–Crippen MR) is 68.4 cm³/mol. The van der Waals surface area contributed by atoms with Crippen LogP contribution in [-0.2, 0) is 11.3 Å².